The number of aryl methyl sites for hydroxylation is 1. The maximum absolute atomic E-state index is 4.66. The molecule has 0 aliphatic carbocycles. The predicted octanol–water partition coefficient (Wildman–Crippen LogP) is 2.22. The van der Waals surface area contributed by atoms with Crippen molar-refractivity contribution in [2.75, 3.05) is 18.0 Å². The van der Waals surface area contributed by atoms with E-state index in [0.717, 1.165) is 31.1 Å². The third kappa shape index (κ3) is 2.35. The molecule has 0 atom stereocenters. The summed E-state index contributed by atoms with van der Waals surface area (Å²) < 4.78 is 0. The smallest absolute Gasteiger partial charge is 0.133 e. The van der Waals surface area contributed by atoms with E-state index in [2.05, 4.69) is 33.9 Å². The predicted molar refractivity (Wildman–Crippen MR) is 67.5 cm³/mol. The zero-order valence-electron chi connectivity index (χ0n) is 9.87. The van der Waals surface area contributed by atoms with Crippen molar-refractivity contribution in [2.24, 2.45) is 0 Å². The third-order valence-corrected chi connectivity index (χ3v) is 2.94. The first-order valence-electron chi connectivity index (χ1n) is 5.87. The lowest BCUT2D eigenvalue weighted by molar-refractivity contribution is 0.836. The van der Waals surface area contributed by atoms with Crippen LogP contribution in [0.15, 0.2) is 24.9 Å². The van der Waals surface area contributed by atoms with Crippen LogP contribution in [0.4, 0.5) is 5.82 Å². The number of nitrogens with zero attached hydrogens (tertiary/aromatic N) is 2. The Kier molecular flexibility index (Phi) is 3.44. The number of anilines is 1. The van der Waals surface area contributed by atoms with E-state index in [1.54, 1.807) is 6.20 Å². The van der Waals surface area contributed by atoms with Crippen LogP contribution in [0, 0.1) is 6.92 Å². The fraction of sp³-hybridized carbons (Fsp3) is 0.462. The van der Waals surface area contributed by atoms with Gasteiger partial charge in [0, 0.05) is 30.9 Å². The number of rotatable bonds is 4. The van der Waals surface area contributed by atoms with Crippen molar-refractivity contribution in [1.82, 2.24) is 10.3 Å². The van der Waals surface area contributed by atoms with Crippen LogP contribution in [0.2, 0.25) is 0 Å². The van der Waals surface area contributed by atoms with E-state index in [0.29, 0.717) is 0 Å². The van der Waals surface area contributed by atoms with Crippen LogP contribution in [0.25, 0.3) is 0 Å². The van der Waals surface area contributed by atoms with Crippen molar-refractivity contribution in [3.8, 4) is 0 Å². The summed E-state index contributed by atoms with van der Waals surface area (Å²) in [5, 5.41) is 3.15. The van der Waals surface area contributed by atoms with Crippen LogP contribution in [0.1, 0.15) is 24.1 Å². The molecule has 0 aromatic carbocycles. The van der Waals surface area contributed by atoms with Crippen molar-refractivity contribution >= 4 is 5.82 Å². The molecule has 1 aliphatic heterocycles. The molecule has 0 saturated carbocycles. The van der Waals surface area contributed by atoms with Gasteiger partial charge in [0.15, 0.2) is 0 Å². The molecule has 0 bridgehead atoms. The van der Waals surface area contributed by atoms with Gasteiger partial charge < -0.3 is 10.2 Å². The van der Waals surface area contributed by atoms with E-state index in [4.69, 9.17) is 0 Å². The summed E-state index contributed by atoms with van der Waals surface area (Å²) in [7, 11) is 0. The van der Waals surface area contributed by atoms with Gasteiger partial charge in [-0.25, -0.2) is 4.98 Å². The number of hydrogen-bond donors (Lipinski definition) is 1. The van der Waals surface area contributed by atoms with E-state index >= 15 is 0 Å². The summed E-state index contributed by atoms with van der Waals surface area (Å²) in [6, 6.07) is 4.23. The lowest BCUT2D eigenvalue weighted by Crippen LogP contribution is -2.22. The Bertz CT molecular complexity index is 367. The maximum atomic E-state index is 4.66. The molecule has 2 heterocycles. The lowest BCUT2D eigenvalue weighted by Gasteiger charge is -2.20. The highest BCUT2D eigenvalue weighted by atomic mass is 15.2. The molecule has 3 heteroatoms. The van der Waals surface area contributed by atoms with Gasteiger partial charge in [-0.1, -0.05) is 12.6 Å². The fourth-order valence-corrected chi connectivity index (χ4v) is 2.09. The number of hydrogen-bond acceptors (Lipinski definition) is 3. The van der Waals surface area contributed by atoms with Crippen molar-refractivity contribution in [3.63, 3.8) is 0 Å². The fourth-order valence-electron chi connectivity index (χ4n) is 2.09. The van der Waals surface area contributed by atoms with Gasteiger partial charge in [-0.05, 0) is 32.0 Å². The minimum absolute atomic E-state index is 0.808. The molecule has 86 valence electrons. The van der Waals surface area contributed by atoms with E-state index < -0.39 is 0 Å². The molecule has 1 aromatic heterocycles. The second-order valence-electron chi connectivity index (χ2n) is 4.21. The van der Waals surface area contributed by atoms with Crippen LogP contribution >= 0.6 is 0 Å². The van der Waals surface area contributed by atoms with Crippen LogP contribution in [-0.2, 0) is 6.54 Å². The molecule has 2 rings (SSSR count). The molecule has 0 radical (unpaired) electrons. The first-order valence-corrected chi connectivity index (χ1v) is 5.87. The molecule has 1 N–H and O–H groups in total. The first-order chi connectivity index (χ1) is 7.81. The zero-order valence-corrected chi connectivity index (χ0v) is 9.87. The Morgan fingerprint density at radius 2 is 2.19 bits per heavy atom. The summed E-state index contributed by atoms with van der Waals surface area (Å²) >= 11 is 0. The normalized spacial score (nSPS) is 15.2. The van der Waals surface area contributed by atoms with E-state index in [1.165, 1.54) is 18.4 Å². The number of aromatic nitrogens is 1. The van der Waals surface area contributed by atoms with Crippen LogP contribution in [0.5, 0.6) is 0 Å². The maximum Gasteiger partial charge on any atom is 0.133 e. The van der Waals surface area contributed by atoms with Gasteiger partial charge in [0.1, 0.15) is 5.82 Å². The van der Waals surface area contributed by atoms with E-state index in [-0.39, 0.29) is 0 Å². The summed E-state index contributed by atoms with van der Waals surface area (Å²) in [5.74, 6) is 1.15. The average Bonchev–Trinajstić information content (AvgIpc) is 2.80. The molecule has 16 heavy (non-hydrogen) atoms. The number of nitrogens with one attached hydrogen (secondary N) is 1. The van der Waals surface area contributed by atoms with Crippen molar-refractivity contribution in [1.29, 1.82) is 0 Å². The molecule has 1 aliphatic rings. The minimum atomic E-state index is 0.808. The third-order valence-electron chi connectivity index (χ3n) is 2.94. The van der Waals surface area contributed by atoms with E-state index in [9.17, 15) is 0 Å². The topological polar surface area (TPSA) is 28.2 Å². The van der Waals surface area contributed by atoms with Crippen LogP contribution < -0.4 is 10.2 Å². The molecule has 1 fully saturated rings. The van der Waals surface area contributed by atoms with Crippen LogP contribution in [-0.4, -0.2) is 18.1 Å². The molecule has 0 amide bonds. The largest absolute Gasteiger partial charge is 0.387 e. The summed E-state index contributed by atoms with van der Waals surface area (Å²) in [5.41, 5.74) is 2.34. The monoisotopic (exact) mass is 217 g/mol. The first kappa shape index (κ1) is 11.0. The standard InChI is InChI=1S/C13H19N3/c1-3-14-10-12-7-6-11(2)15-13(12)16-8-4-5-9-16/h3,6-7,14H,1,4-5,8-10H2,2H3. The molecule has 0 unspecified atom stereocenters. The number of pyridine rings is 1. The Morgan fingerprint density at radius 1 is 1.44 bits per heavy atom. The summed E-state index contributed by atoms with van der Waals surface area (Å²) in [4.78, 5) is 7.04. The Hall–Kier alpha value is -1.51. The average molecular weight is 217 g/mol. The zero-order chi connectivity index (χ0) is 11.4. The lowest BCUT2D eigenvalue weighted by atomic mass is 10.2. The van der Waals surface area contributed by atoms with Gasteiger partial charge in [0.2, 0.25) is 0 Å². The van der Waals surface area contributed by atoms with Gasteiger partial charge in [0.25, 0.3) is 0 Å². The van der Waals surface area contributed by atoms with Gasteiger partial charge in [-0.2, -0.15) is 0 Å². The highest BCUT2D eigenvalue weighted by Crippen LogP contribution is 2.22. The van der Waals surface area contributed by atoms with Crippen molar-refractivity contribution in [3.05, 3.63) is 36.2 Å². The summed E-state index contributed by atoms with van der Waals surface area (Å²) in [6.45, 7) is 8.80. The van der Waals surface area contributed by atoms with Gasteiger partial charge in [-0.3, -0.25) is 0 Å². The van der Waals surface area contributed by atoms with Crippen LogP contribution in [0.3, 0.4) is 0 Å². The minimum Gasteiger partial charge on any atom is -0.387 e. The van der Waals surface area contributed by atoms with Gasteiger partial charge >= 0.3 is 0 Å². The molecule has 1 aromatic rings. The molecular weight excluding hydrogens is 198 g/mol. The quantitative estimate of drug-likeness (QED) is 0.838. The molecule has 0 spiro atoms. The van der Waals surface area contributed by atoms with E-state index in [1.807, 2.05) is 6.92 Å². The second-order valence-corrected chi connectivity index (χ2v) is 4.21. The SMILES string of the molecule is C=CNCc1ccc(C)nc1N1CCCC1. The Morgan fingerprint density at radius 3 is 2.88 bits per heavy atom. The van der Waals surface area contributed by atoms with Gasteiger partial charge in [0.05, 0.1) is 0 Å². The second kappa shape index (κ2) is 5.01. The Balaban J connectivity index is 2.24. The highest BCUT2D eigenvalue weighted by Gasteiger charge is 2.16. The summed E-state index contributed by atoms with van der Waals surface area (Å²) in [6.07, 6.45) is 4.29. The van der Waals surface area contributed by atoms with Crippen molar-refractivity contribution in [2.45, 2.75) is 26.3 Å². The molecular formula is C13H19N3. The van der Waals surface area contributed by atoms with Crippen molar-refractivity contribution < 1.29 is 0 Å². The highest BCUT2D eigenvalue weighted by molar-refractivity contribution is 5.48. The molecule has 3 nitrogen and oxygen atoms in total. The van der Waals surface area contributed by atoms with Gasteiger partial charge in [-0.15, -0.1) is 0 Å². The Labute approximate surface area is 97.2 Å². The molecule has 1 saturated heterocycles.